The molecule has 0 radical (unpaired) electrons. The molecule has 0 spiro atoms. The fraction of sp³-hybridized carbons (Fsp3) is 0.250. The van der Waals surface area contributed by atoms with E-state index in [2.05, 4.69) is 0 Å². The Bertz CT molecular complexity index is 312. The second kappa shape index (κ2) is 4.73. The highest BCUT2D eigenvalue weighted by molar-refractivity contribution is 6.58. The molecule has 1 aromatic rings. The SMILES string of the molecule is O=[N+]([O-])CCc1ccc(B(O)O)cc1. The summed E-state index contributed by atoms with van der Waals surface area (Å²) in [6, 6.07) is 6.39. The van der Waals surface area contributed by atoms with E-state index in [-0.39, 0.29) is 11.5 Å². The van der Waals surface area contributed by atoms with Crippen LogP contribution in [0.3, 0.4) is 0 Å². The molecule has 0 heterocycles. The van der Waals surface area contributed by atoms with Gasteiger partial charge >= 0.3 is 7.12 Å². The van der Waals surface area contributed by atoms with E-state index in [1.165, 1.54) is 0 Å². The lowest BCUT2D eigenvalue weighted by molar-refractivity contribution is -0.479. The van der Waals surface area contributed by atoms with Gasteiger partial charge in [0, 0.05) is 11.3 Å². The molecular weight excluding hydrogens is 185 g/mol. The largest absolute Gasteiger partial charge is 0.488 e. The van der Waals surface area contributed by atoms with Crippen LogP contribution in [0.25, 0.3) is 0 Å². The van der Waals surface area contributed by atoms with Crippen LogP contribution in [-0.2, 0) is 6.42 Å². The first-order chi connectivity index (χ1) is 6.59. The molecule has 0 aliphatic heterocycles. The summed E-state index contributed by atoms with van der Waals surface area (Å²) in [5.41, 5.74) is 1.20. The summed E-state index contributed by atoms with van der Waals surface area (Å²) in [6.45, 7) is -0.110. The zero-order valence-corrected chi connectivity index (χ0v) is 7.46. The van der Waals surface area contributed by atoms with Crippen molar-refractivity contribution >= 4 is 12.6 Å². The van der Waals surface area contributed by atoms with Gasteiger partial charge in [-0.05, 0) is 11.0 Å². The molecule has 0 bridgehead atoms. The summed E-state index contributed by atoms with van der Waals surface area (Å²) in [5.74, 6) is 0. The number of hydrogen-bond donors (Lipinski definition) is 2. The smallest absolute Gasteiger partial charge is 0.423 e. The van der Waals surface area contributed by atoms with Crippen LogP contribution in [0, 0.1) is 10.1 Å². The minimum atomic E-state index is -1.49. The fourth-order valence-corrected chi connectivity index (χ4v) is 1.08. The number of hydrogen-bond acceptors (Lipinski definition) is 4. The zero-order chi connectivity index (χ0) is 10.6. The summed E-state index contributed by atoms with van der Waals surface area (Å²) < 4.78 is 0. The van der Waals surface area contributed by atoms with E-state index in [1.807, 2.05) is 0 Å². The lowest BCUT2D eigenvalue weighted by atomic mass is 9.80. The topological polar surface area (TPSA) is 83.6 Å². The van der Waals surface area contributed by atoms with Crippen molar-refractivity contribution in [3.63, 3.8) is 0 Å². The predicted octanol–water partition coefficient (Wildman–Crippen LogP) is -0.814. The molecule has 6 heteroatoms. The first-order valence-electron chi connectivity index (χ1n) is 4.16. The predicted molar refractivity (Wildman–Crippen MR) is 51.8 cm³/mol. The standard InChI is InChI=1S/C8H10BNO4/c11-9(12)8-3-1-7(2-4-8)5-6-10(13)14/h1-4,11-12H,5-6H2. The third-order valence-corrected chi connectivity index (χ3v) is 1.86. The molecular formula is C8H10BNO4. The second-order valence-corrected chi connectivity index (χ2v) is 2.92. The van der Waals surface area contributed by atoms with E-state index >= 15 is 0 Å². The van der Waals surface area contributed by atoms with Crippen molar-refractivity contribution in [2.45, 2.75) is 6.42 Å². The lowest BCUT2D eigenvalue weighted by Gasteiger charge is -2.00. The van der Waals surface area contributed by atoms with Gasteiger partial charge in [-0.15, -0.1) is 0 Å². The van der Waals surface area contributed by atoms with Gasteiger partial charge in [-0.1, -0.05) is 24.3 Å². The molecule has 0 aliphatic carbocycles. The Morgan fingerprint density at radius 2 is 1.86 bits per heavy atom. The van der Waals surface area contributed by atoms with Gasteiger partial charge in [0.2, 0.25) is 6.54 Å². The molecule has 14 heavy (non-hydrogen) atoms. The van der Waals surface area contributed by atoms with Crippen LogP contribution in [0.2, 0.25) is 0 Å². The fourth-order valence-electron chi connectivity index (χ4n) is 1.08. The van der Waals surface area contributed by atoms with E-state index in [9.17, 15) is 10.1 Å². The highest BCUT2D eigenvalue weighted by Crippen LogP contribution is 1.98. The molecule has 0 amide bonds. The Morgan fingerprint density at radius 3 is 2.29 bits per heavy atom. The Morgan fingerprint density at radius 1 is 1.29 bits per heavy atom. The van der Waals surface area contributed by atoms with E-state index in [4.69, 9.17) is 10.0 Å². The summed E-state index contributed by atoms with van der Waals surface area (Å²) in [6.07, 6.45) is 0.356. The molecule has 0 saturated heterocycles. The second-order valence-electron chi connectivity index (χ2n) is 2.92. The molecule has 5 nitrogen and oxygen atoms in total. The highest BCUT2D eigenvalue weighted by atomic mass is 16.6. The van der Waals surface area contributed by atoms with Gasteiger partial charge in [-0.3, -0.25) is 10.1 Å². The van der Waals surface area contributed by atoms with Crippen LogP contribution in [0.5, 0.6) is 0 Å². The quantitative estimate of drug-likeness (QED) is 0.373. The number of nitro groups is 1. The summed E-state index contributed by atoms with van der Waals surface area (Å²) in [5, 5.41) is 27.6. The Kier molecular flexibility index (Phi) is 3.61. The first-order valence-corrected chi connectivity index (χ1v) is 4.16. The molecule has 74 valence electrons. The molecule has 0 atom stereocenters. The number of rotatable bonds is 4. The van der Waals surface area contributed by atoms with Crippen LogP contribution in [0.4, 0.5) is 0 Å². The van der Waals surface area contributed by atoms with Crippen LogP contribution < -0.4 is 5.46 Å². The maximum atomic E-state index is 10.1. The van der Waals surface area contributed by atoms with Crippen molar-refractivity contribution in [3.8, 4) is 0 Å². The van der Waals surface area contributed by atoms with Crippen molar-refractivity contribution in [3.05, 3.63) is 39.9 Å². The summed E-state index contributed by atoms with van der Waals surface area (Å²) in [7, 11) is -1.49. The zero-order valence-electron chi connectivity index (χ0n) is 7.46. The minimum absolute atomic E-state index is 0.110. The minimum Gasteiger partial charge on any atom is -0.423 e. The summed E-state index contributed by atoms with van der Waals surface area (Å²) in [4.78, 5) is 9.69. The number of nitrogens with zero attached hydrogens (tertiary/aromatic N) is 1. The first kappa shape index (κ1) is 10.7. The molecule has 0 saturated carbocycles. The molecule has 1 aromatic carbocycles. The molecule has 0 aliphatic rings. The molecule has 0 fully saturated rings. The van der Waals surface area contributed by atoms with E-state index in [0.717, 1.165) is 5.56 Å². The van der Waals surface area contributed by atoms with Gasteiger partial charge in [-0.2, -0.15) is 0 Å². The Labute approximate surface area is 81.3 Å². The Balaban J connectivity index is 2.59. The molecule has 0 aromatic heterocycles. The lowest BCUT2D eigenvalue weighted by Crippen LogP contribution is -2.29. The van der Waals surface area contributed by atoms with Crippen LogP contribution in [-0.4, -0.2) is 28.6 Å². The maximum Gasteiger partial charge on any atom is 0.488 e. The van der Waals surface area contributed by atoms with Crippen molar-refractivity contribution in [2.24, 2.45) is 0 Å². The van der Waals surface area contributed by atoms with Crippen molar-refractivity contribution < 1.29 is 15.0 Å². The van der Waals surface area contributed by atoms with Crippen LogP contribution >= 0.6 is 0 Å². The van der Waals surface area contributed by atoms with Gasteiger partial charge in [0.15, 0.2) is 0 Å². The number of benzene rings is 1. The van der Waals surface area contributed by atoms with Crippen LogP contribution in [0.1, 0.15) is 5.56 Å². The van der Waals surface area contributed by atoms with E-state index in [0.29, 0.717) is 11.9 Å². The van der Waals surface area contributed by atoms with Crippen molar-refractivity contribution in [2.75, 3.05) is 6.54 Å². The van der Waals surface area contributed by atoms with Crippen molar-refractivity contribution in [1.29, 1.82) is 0 Å². The normalized spacial score (nSPS) is 9.86. The van der Waals surface area contributed by atoms with Crippen molar-refractivity contribution in [1.82, 2.24) is 0 Å². The highest BCUT2D eigenvalue weighted by Gasteiger charge is 2.09. The van der Waals surface area contributed by atoms with E-state index < -0.39 is 7.12 Å². The van der Waals surface area contributed by atoms with Gasteiger partial charge < -0.3 is 10.0 Å². The maximum absolute atomic E-state index is 10.1. The molecule has 2 N–H and O–H groups in total. The third-order valence-electron chi connectivity index (χ3n) is 1.86. The van der Waals surface area contributed by atoms with Gasteiger partial charge in [0.05, 0.1) is 0 Å². The van der Waals surface area contributed by atoms with Gasteiger partial charge in [0.25, 0.3) is 0 Å². The van der Waals surface area contributed by atoms with Gasteiger partial charge in [0.1, 0.15) is 0 Å². The summed E-state index contributed by atoms with van der Waals surface area (Å²) >= 11 is 0. The molecule has 0 unspecified atom stereocenters. The van der Waals surface area contributed by atoms with Gasteiger partial charge in [-0.25, -0.2) is 0 Å². The molecule has 1 rings (SSSR count). The Hall–Kier alpha value is -1.40. The third kappa shape index (κ3) is 3.16. The van der Waals surface area contributed by atoms with E-state index in [1.54, 1.807) is 24.3 Å². The van der Waals surface area contributed by atoms with Crippen LogP contribution in [0.15, 0.2) is 24.3 Å². The average molecular weight is 195 g/mol. The monoisotopic (exact) mass is 195 g/mol. The average Bonchev–Trinajstić information content (AvgIpc) is 2.15.